The van der Waals surface area contributed by atoms with Crippen LogP contribution in [-0.4, -0.2) is 44.2 Å². The molecule has 9 heteroatoms. The lowest BCUT2D eigenvalue weighted by atomic mass is 9.99. The molecule has 1 aliphatic carbocycles. The first kappa shape index (κ1) is 20.7. The second-order valence-corrected chi connectivity index (χ2v) is 8.73. The number of fused-ring (bicyclic) bond motifs is 1. The second kappa shape index (κ2) is 8.38. The average molecular weight is 438 g/mol. The summed E-state index contributed by atoms with van der Waals surface area (Å²) < 4.78 is 14.8. The molecule has 1 amide bonds. The molecule has 1 saturated carbocycles. The summed E-state index contributed by atoms with van der Waals surface area (Å²) in [6, 6.07) is 3.62. The molecule has 0 unspecified atom stereocenters. The van der Waals surface area contributed by atoms with Crippen LogP contribution in [0, 0.1) is 0 Å². The number of hydrogen-bond donors (Lipinski definition) is 1. The minimum atomic E-state index is -0.447. The van der Waals surface area contributed by atoms with Gasteiger partial charge in [0.15, 0.2) is 0 Å². The Labute approximate surface area is 185 Å². The number of ether oxygens (including phenoxy) is 2. The minimum Gasteiger partial charge on any atom is -0.474 e. The summed E-state index contributed by atoms with van der Waals surface area (Å²) >= 11 is 0. The molecular weight excluding hydrogens is 410 g/mol. The highest BCUT2D eigenvalue weighted by atomic mass is 16.5. The maximum absolute atomic E-state index is 13.2. The standard InChI is InChI=1S/C23H27N5O4/c1-14(2)32-21-17(20(29)24-18-6-3-9-28(22(18)30)16-7-8-16)11-27-12-19(25-23(27)26-21)15-5-4-10-31-13-15/h3,6,9,11-12,14-16H,4-5,7-8,10,13H2,1-2H3,(H,24,29)/t15-/m1/s1. The number of nitrogens with one attached hydrogen (secondary N) is 1. The first-order chi connectivity index (χ1) is 15.5. The number of imidazole rings is 1. The summed E-state index contributed by atoms with van der Waals surface area (Å²) in [6.07, 6.45) is 9.11. The second-order valence-electron chi connectivity index (χ2n) is 8.73. The van der Waals surface area contributed by atoms with E-state index in [0.717, 1.165) is 38.0 Å². The van der Waals surface area contributed by atoms with E-state index in [1.807, 2.05) is 20.0 Å². The zero-order valence-electron chi connectivity index (χ0n) is 18.3. The number of rotatable bonds is 6. The molecule has 3 aromatic rings. The molecule has 3 aromatic heterocycles. The lowest BCUT2D eigenvalue weighted by molar-refractivity contribution is 0.0794. The number of amides is 1. The van der Waals surface area contributed by atoms with Crippen LogP contribution < -0.4 is 15.6 Å². The Morgan fingerprint density at radius 1 is 1.25 bits per heavy atom. The highest BCUT2D eigenvalue weighted by molar-refractivity contribution is 6.05. The molecule has 5 rings (SSSR count). The zero-order chi connectivity index (χ0) is 22.2. The number of nitrogens with zero attached hydrogens (tertiary/aromatic N) is 4. The van der Waals surface area contributed by atoms with Gasteiger partial charge >= 0.3 is 0 Å². The Hall–Kier alpha value is -3.20. The van der Waals surface area contributed by atoms with Crippen LogP contribution >= 0.6 is 0 Å². The van der Waals surface area contributed by atoms with E-state index >= 15 is 0 Å². The van der Waals surface area contributed by atoms with E-state index in [-0.39, 0.29) is 40.8 Å². The van der Waals surface area contributed by atoms with Crippen LogP contribution in [0.4, 0.5) is 5.69 Å². The lowest BCUT2D eigenvalue weighted by Crippen LogP contribution is -2.25. The van der Waals surface area contributed by atoms with Gasteiger partial charge in [-0.3, -0.25) is 14.0 Å². The third kappa shape index (κ3) is 4.12. The van der Waals surface area contributed by atoms with Crippen LogP contribution in [0.2, 0.25) is 0 Å². The van der Waals surface area contributed by atoms with Gasteiger partial charge in [-0.2, -0.15) is 4.98 Å². The summed E-state index contributed by atoms with van der Waals surface area (Å²) in [5.74, 6) is 0.424. The van der Waals surface area contributed by atoms with Crippen LogP contribution in [0.1, 0.15) is 67.5 Å². The number of aromatic nitrogens is 4. The van der Waals surface area contributed by atoms with Gasteiger partial charge in [0, 0.05) is 37.2 Å². The maximum atomic E-state index is 13.2. The predicted molar refractivity (Wildman–Crippen MR) is 118 cm³/mol. The smallest absolute Gasteiger partial charge is 0.274 e. The van der Waals surface area contributed by atoms with Gasteiger partial charge in [0.25, 0.3) is 11.5 Å². The summed E-state index contributed by atoms with van der Waals surface area (Å²) in [5, 5.41) is 2.75. The van der Waals surface area contributed by atoms with Crippen molar-refractivity contribution in [2.24, 2.45) is 0 Å². The summed E-state index contributed by atoms with van der Waals surface area (Å²) in [6.45, 7) is 5.15. The molecule has 1 saturated heterocycles. The van der Waals surface area contributed by atoms with Gasteiger partial charge in [0.2, 0.25) is 11.7 Å². The van der Waals surface area contributed by atoms with Gasteiger partial charge in [-0.15, -0.1) is 0 Å². The van der Waals surface area contributed by atoms with Gasteiger partial charge < -0.3 is 19.4 Å². The van der Waals surface area contributed by atoms with Crippen molar-refractivity contribution in [1.29, 1.82) is 0 Å². The largest absolute Gasteiger partial charge is 0.474 e. The van der Waals surface area contributed by atoms with Gasteiger partial charge in [-0.25, -0.2) is 4.98 Å². The molecule has 0 radical (unpaired) electrons. The predicted octanol–water partition coefficient (Wildman–Crippen LogP) is 3.16. The highest BCUT2D eigenvalue weighted by Crippen LogP contribution is 2.33. The quantitative estimate of drug-likeness (QED) is 0.636. The van der Waals surface area contributed by atoms with Crippen LogP contribution in [0.5, 0.6) is 5.88 Å². The van der Waals surface area contributed by atoms with E-state index in [1.54, 1.807) is 33.5 Å². The van der Waals surface area contributed by atoms with E-state index in [4.69, 9.17) is 9.47 Å². The Bertz CT molecular complexity index is 1200. The van der Waals surface area contributed by atoms with Crippen molar-refractivity contribution in [1.82, 2.24) is 18.9 Å². The Kier molecular flexibility index (Phi) is 5.42. The van der Waals surface area contributed by atoms with E-state index in [2.05, 4.69) is 15.3 Å². The van der Waals surface area contributed by atoms with Crippen molar-refractivity contribution in [3.63, 3.8) is 0 Å². The van der Waals surface area contributed by atoms with Crippen LogP contribution in [0.15, 0.2) is 35.5 Å². The van der Waals surface area contributed by atoms with Crippen molar-refractivity contribution >= 4 is 17.4 Å². The molecule has 1 aliphatic heterocycles. The number of carbonyl (C=O) groups excluding carboxylic acids is 1. The lowest BCUT2D eigenvalue weighted by Gasteiger charge is -2.19. The van der Waals surface area contributed by atoms with Crippen molar-refractivity contribution in [2.75, 3.05) is 18.5 Å². The Balaban J connectivity index is 1.49. The average Bonchev–Trinajstić information content (AvgIpc) is 3.53. The Morgan fingerprint density at radius 2 is 2.09 bits per heavy atom. The number of pyridine rings is 1. The van der Waals surface area contributed by atoms with E-state index < -0.39 is 5.91 Å². The van der Waals surface area contributed by atoms with Gasteiger partial charge in [-0.1, -0.05) is 0 Å². The SMILES string of the molecule is CC(C)Oc1nc2nc([C@@H]3CCCOC3)cn2cc1C(=O)Nc1cccn(C2CC2)c1=O. The fourth-order valence-electron chi connectivity index (χ4n) is 4.00. The van der Waals surface area contributed by atoms with E-state index in [0.29, 0.717) is 12.4 Å². The van der Waals surface area contributed by atoms with Crippen molar-refractivity contribution < 1.29 is 14.3 Å². The normalized spacial score (nSPS) is 18.8. The number of anilines is 1. The summed E-state index contributed by atoms with van der Waals surface area (Å²) in [5.41, 5.74) is 1.17. The van der Waals surface area contributed by atoms with E-state index in [9.17, 15) is 9.59 Å². The minimum absolute atomic E-state index is 0.179. The first-order valence-electron chi connectivity index (χ1n) is 11.2. The van der Waals surface area contributed by atoms with Gasteiger partial charge in [-0.05, 0) is 51.7 Å². The molecule has 32 heavy (non-hydrogen) atoms. The molecule has 2 fully saturated rings. The summed E-state index contributed by atoms with van der Waals surface area (Å²) in [4.78, 5) is 35.1. The van der Waals surface area contributed by atoms with Crippen LogP contribution in [0.25, 0.3) is 5.78 Å². The van der Waals surface area contributed by atoms with Crippen molar-refractivity contribution in [3.8, 4) is 5.88 Å². The maximum Gasteiger partial charge on any atom is 0.274 e. The molecule has 0 spiro atoms. The first-order valence-corrected chi connectivity index (χ1v) is 11.2. The molecule has 2 aliphatic rings. The monoisotopic (exact) mass is 437 g/mol. The molecule has 9 nitrogen and oxygen atoms in total. The molecule has 1 N–H and O–H groups in total. The molecule has 4 heterocycles. The van der Waals surface area contributed by atoms with E-state index in [1.165, 1.54) is 0 Å². The number of hydrogen-bond acceptors (Lipinski definition) is 6. The molecule has 1 atom stereocenters. The third-order valence-electron chi connectivity index (χ3n) is 5.77. The molecule has 0 bridgehead atoms. The fourth-order valence-corrected chi connectivity index (χ4v) is 4.00. The number of carbonyl (C=O) groups is 1. The van der Waals surface area contributed by atoms with Gasteiger partial charge in [0.1, 0.15) is 11.3 Å². The van der Waals surface area contributed by atoms with Gasteiger partial charge in [0.05, 0.1) is 18.4 Å². The summed E-state index contributed by atoms with van der Waals surface area (Å²) in [7, 11) is 0. The Morgan fingerprint density at radius 3 is 2.81 bits per heavy atom. The van der Waals surface area contributed by atoms with Crippen LogP contribution in [-0.2, 0) is 4.74 Å². The molecule has 168 valence electrons. The topological polar surface area (TPSA) is 99.8 Å². The third-order valence-corrected chi connectivity index (χ3v) is 5.77. The fraction of sp³-hybridized carbons (Fsp3) is 0.478. The zero-order valence-corrected chi connectivity index (χ0v) is 18.3. The molecular formula is C23H27N5O4. The van der Waals surface area contributed by atoms with Crippen molar-refractivity contribution in [2.45, 2.75) is 57.6 Å². The highest BCUT2D eigenvalue weighted by Gasteiger charge is 2.26. The van der Waals surface area contributed by atoms with Crippen LogP contribution in [0.3, 0.4) is 0 Å². The van der Waals surface area contributed by atoms with Crippen molar-refractivity contribution in [3.05, 3.63) is 52.3 Å². The molecule has 0 aromatic carbocycles.